The molecule has 2 saturated heterocycles. The number of ether oxygens (including phenoxy) is 2. The standard InChI is InChI=1S/C28H33BrFIN4O4S/c1-27(2,3)38-25(36)34-13-15-12-17(34)22(15)35(26(37)39-28(4,5)6)23-16-11-14(9-8-10-32)18(29)19(30)21(16)33-24(40-7)20(23)31/h11,15,17,22H,8-9,12-13H2,1-7H3/t15-,17-,22+/m1/s1. The molecule has 1 aromatic heterocycles. The summed E-state index contributed by atoms with van der Waals surface area (Å²) >= 11 is 6.88. The van der Waals surface area contributed by atoms with Gasteiger partial charge in [-0.3, -0.25) is 4.90 Å². The number of nitrogens with zero attached hydrogens (tertiary/aromatic N) is 4. The minimum atomic E-state index is -0.786. The molecule has 0 unspecified atom stereocenters. The highest BCUT2D eigenvalue weighted by molar-refractivity contribution is 14.1. The Morgan fingerprint density at radius 2 is 1.93 bits per heavy atom. The predicted molar refractivity (Wildman–Crippen MR) is 165 cm³/mol. The van der Waals surface area contributed by atoms with E-state index in [0.717, 1.165) is 6.42 Å². The van der Waals surface area contributed by atoms with Crippen LogP contribution in [0.25, 0.3) is 10.9 Å². The number of nitriles is 1. The first kappa shape index (κ1) is 31.1. The predicted octanol–water partition coefficient (Wildman–Crippen LogP) is 7.67. The zero-order chi connectivity index (χ0) is 29.7. The third kappa shape index (κ3) is 6.02. The summed E-state index contributed by atoms with van der Waals surface area (Å²) in [7, 11) is 0. The molecule has 3 heterocycles. The molecule has 0 radical (unpaired) electrons. The maximum absolute atomic E-state index is 15.8. The van der Waals surface area contributed by atoms with E-state index in [1.165, 1.54) is 11.8 Å². The van der Waals surface area contributed by atoms with Gasteiger partial charge >= 0.3 is 12.2 Å². The molecule has 2 aliphatic heterocycles. The van der Waals surface area contributed by atoms with Crippen molar-refractivity contribution in [3.05, 3.63) is 25.5 Å². The lowest BCUT2D eigenvalue weighted by Gasteiger charge is -2.44. The zero-order valence-corrected chi connectivity index (χ0v) is 28.2. The summed E-state index contributed by atoms with van der Waals surface area (Å²) in [6, 6.07) is 3.26. The van der Waals surface area contributed by atoms with E-state index in [2.05, 4.69) is 49.6 Å². The van der Waals surface area contributed by atoms with Gasteiger partial charge in [0.05, 0.1) is 31.9 Å². The monoisotopic (exact) mass is 746 g/mol. The largest absolute Gasteiger partial charge is 0.444 e. The van der Waals surface area contributed by atoms with Crippen molar-refractivity contribution in [2.24, 2.45) is 5.92 Å². The van der Waals surface area contributed by atoms with Gasteiger partial charge in [0.25, 0.3) is 0 Å². The molecule has 2 aromatic rings. The van der Waals surface area contributed by atoms with Gasteiger partial charge in [-0.25, -0.2) is 19.0 Å². The molecule has 3 fully saturated rings. The van der Waals surface area contributed by atoms with E-state index in [4.69, 9.17) is 14.7 Å². The number of hydrogen-bond acceptors (Lipinski definition) is 7. The summed E-state index contributed by atoms with van der Waals surface area (Å²) < 4.78 is 28.3. The molecule has 0 N–H and O–H groups in total. The van der Waals surface area contributed by atoms with Crippen LogP contribution < -0.4 is 4.90 Å². The summed E-state index contributed by atoms with van der Waals surface area (Å²) in [6.45, 7) is 11.3. The molecule has 8 nitrogen and oxygen atoms in total. The lowest BCUT2D eigenvalue weighted by molar-refractivity contribution is 0.0216. The number of fused-ring (bicyclic) bond motifs is 2. The summed E-state index contributed by atoms with van der Waals surface area (Å²) in [5.74, 6) is -0.547. The smallest absolute Gasteiger partial charge is 0.415 e. The van der Waals surface area contributed by atoms with Crippen LogP contribution in [-0.4, -0.2) is 58.2 Å². The maximum Gasteiger partial charge on any atom is 0.415 e. The van der Waals surface area contributed by atoms with E-state index in [-0.39, 0.29) is 34.4 Å². The molecule has 2 bridgehead atoms. The molecule has 5 rings (SSSR count). The van der Waals surface area contributed by atoms with Crippen LogP contribution in [0.1, 0.15) is 59.9 Å². The van der Waals surface area contributed by atoms with E-state index in [9.17, 15) is 9.59 Å². The first-order valence-electron chi connectivity index (χ1n) is 13.0. The van der Waals surface area contributed by atoms with Crippen molar-refractivity contribution in [1.29, 1.82) is 5.26 Å². The van der Waals surface area contributed by atoms with E-state index in [0.29, 0.717) is 38.2 Å². The van der Waals surface area contributed by atoms with E-state index < -0.39 is 29.2 Å². The fourth-order valence-electron chi connectivity index (χ4n) is 5.25. The fourth-order valence-corrected chi connectivity index (χ4v) is 7.54. The fraction of sp³-hybridized carbons (Fsp3) is 0.571. The summed E-state index contributed by atoms with van der Waals surface area (Å²) in [4.78, 5) is 35.0. The van der Waals surface area contributed by atoms with Gasteiger partial charge < -0.3 is 14.4 Å². The van der Waals surface area contributed by atoms with Crippen molar-refractivity contribution in [3.8, 4) is 6.07 Å². The molecular weight excluding hydrogens is 714 g/mol. The summed E-state index contributed by atoms with van der Waals surface area (Å²) in [6.07, 6.45) is 2.13. The maximum atomic E-state index is 15.8. The van der Waals surface area contributed by atoms with Crippen LogP contribution in [0.15, 0.2) is 15.6 Å². The molecule has 1 aromatic carbocycles. The van der Waals surface area contributed by atoms with Crippen LogP contribution in [0.4, 0.5) is 19.7 Å². The third-order valence-electron chi connectivity index (χ3n) is 6.83. The second-order valence-electron chi connectivity index (χ2n) is 12.0. The Balaban J connectivity index is 1.92. The number of carbonyl (C=O) groups excluding carboxylic acids is 2. The van der Waals surface area contributed by atoms with Gasteiger partial charge in [0.15, 0.2) is 5.82 Å². The molecule has 12 heteroatoms. The van der Waals surface area contributed by atoms with Crippen molar-refractivity contribution in [1.82, 2.24) is 9.88 Å². The van der Waals surface area contributed by atoms with Gasteiger partial charge in [-0.1, -0.05) is 0 Å². The topological polar surface area (TPSA) is 95.8 Å². The zero-order valence-electron chi connectivity index (χ0n) is 23.6. The number of rotatable bonds is 5. The van der Waals surface area contributed by atoms with Crippen LogP contribution in [0.3, 0.4) is 0 Å². The van der Waals surface area contributed by atoms with Gasteiger partial charge in [0.1, 0.15) is 21.7 Å². The molecular formula is C28H33BrFIN4O4S. The Bertz CT molecular complexity index is 1400. The van der Waals surface area contributed by atoms with Gasteiger partial charge in [0, 0.05) is 24.3 Å². The number of thioether (sulfide) groups is 1. The number of aryl methyl sites for hydroxylation is 1. The second-order valence-corrected chi connectivity index (χ2v) is 14.7. The van der Waals surface area contributed by atoms with E-state index in [1.807, 2.05) is 27.0 Å². The number of carbonyl (C=O) groups is 2. The highest BCUT2D eigenvalue weighted by Crippen LogP contribution is 2.49. The molecule has 2 amide bonds. The van der Waals surface area contributed by atoms with Crippen LogP contribution in [-0.2, 0) is 15.9 Å². The van der Waals surface area contributed by atoms with Crippen molar-refractivity contribution < 1.29 is 23.5 Å². The number of halogens is 3. The van der Waals surface area contributed by atoms with Gasteiger partial charge in [-0.15, -0.1) is 11.8 Å². The lowest BCUT2D eigenvalue weighted by Crippen LogP contribution is -2.59. The molecule has 1 aliphatic carbocycles. The quantitative estimate of drug-likeness (QED) is 0.229. The molecule has 216 valence electrons. The molecule has 0 spiro atoms. The number of pyridine rings is 1. The first-order chi connectivity index (χ1) is 18.6. The van der Waals surface area contributed by atoms with Crippen molar-refractivity contribution in [3.63, 3.8) is 0 Å². The Hall–Kier alpha value is -1.85. The van der Waals surface area contributed by atoms with Crippen molar-refractivity contribution in [2.45, 2.75) is 89.1 Å². The number of amides is 2. The van der Waals surface area contributed by atoms with Gasteiger partial charge in [-0.05, 0) is 111 Å². The third-order valence-corrected chi connectivity index (χ3v) is 9.76. The van der Waals surface area contributed by atoms with Crippen LogP contribution in [0.2, 0.25) is 0 Å². The molecule has 40 heavy (non-hydrogen) atoms. The van der Waals surface area contributed by atoms with Crippen LogP contribution >= 0.6 is 50.3 Å². The summed E-state index contributed by atoms with van der Waals surface area (Å²) in [5, 5.41) is 10.2. The van der Waals surface area contributed by atoms with E-state index >= 15 is 4.39 Å². The lowest BCUT2D eigenvalue weighted by atomic mass is 9.78. The van der Waals surface area contributed by atoms with Crippen LogP contribution in [0, 0.1) is 26.6 Å². The van der Waals surface area contributed by atoms with Crippen molar-refractivity contribution >= 4 is 79.1 Å². The number of aromatic nitrogens is 1. The Kier molecular flexibility index (Phi) is 8.89. The highest BCUT2D eigenvalue weighted by Gasteiger charge is 2.59. The van der Waals surface area contributed by atoms with Gasteiger partial charge in [-0.2, -0.15) is 5.26 Å². The average molecular weight is 747 g/mol. The minimum Gasteiger partial charge on any atom is -0.444 e. The Morgan fingerprint density at radius 1 is 1.27 bits per heavy atom. The molecule has 3 aliphatic rings. The first-order valence-corrected chi connectivity index (χ1v) is 16.1. The Labute approximate surface area is 260 Å². The van der Waals surface area contributed by atoms with Gasteiger partial charge in [0.2, 0.25) is 0 Å². The SMILES string of the molecule is CSc1nc2c(F)c(Br)c(CCC#N)cc2c(N(C(=O)OC(C)(C)C)[C@H]2[C@@H]3C[C@H]2N(C(=O)OC(C)(C)C)C3)c1I. The minimum absolute atomic E-state index is 0.000126. The highest BCUT2D eigenvalue weighted by atomic mass is 127. The van der Waals surface area contributed by atoms with Crippen LogP contribution in [0.5, 0.6) is 0 Å². The number of hydrogen-bond donors (Lipinski definition) is 0. The Morgan fingerprint density at radius 3 is 2.50 bits per heavy atom. The second kappa shape index (κ2) is 11.4. The normalized spacial score (nSPS) is 20.2. The number of anilines is 1. The summed E-state index contributed by atoms with van der Waals surface area (Å²) in [5.41, 5.74) is -0.209. The van der Waals surface area contributed by atoms with E-state index in [1.54, 1.807) is 36.6 Å². The molecule has 1 saturated carbocycles. The van der Waals surface area contributed by atoms with Crippen molar-refractivity contribution in [2.75, 3.05) is 17.7 Å². The molecule has 3 atom stereocenters. The average Bonchev–Trinajstić information content (AvgIpc) is 3.43. The number of benzene rings is 1.